The molecule has 4 rings (SSSR count). The SMILES string of the molecule is C[C@@H]1CC2O[C@H]3C(=O)[C@@H]4C[C@H]3[C@H]2[C@H]14. The standard InChI is InChI=1S/C11H14O2/c1-4-2-7-9-6-3-5(8(4)9)10(12)11(6)13-7/h4-9,11H,2-3H2,1H3/t4-,5-,6+,7?,8-,9-,11-/m1/s1. The number of hydrogen-bond donors (Lipinski definition) is 0. The van der Waals surface area contributed by atoms with E-state index in [1.54, 1.807) is 0 Å². The smallest absolute Gasteiger partial charge is 0.165 e. The third-order valence-corrected chi connectivity index (χ3v) is 4.98. The molecular weight excluding hydrogens is 164 g/mol. The minimum absolute atomic E-state index is 0.0312. The fraction of sp³-hybridized carbons (Fsp3) is 0.909. The molecule has 7 atom stereocenters. The van der Waals surface area contributed by atoms with Crippen LogP contribution in [-0.4, -0.2) is 18.0 Å². The van der Waals surface area contributed by atoms with Gasteiger partial charge in [-0.15, -0.1) is 0 Å². The zero-order chi connectivity index (χ0) is 8.74. The average Bonchev–Trinajstić information content (AvgIpc) is 2.69. The summed E-state index contributed by atoms with van der Waals surface area (Å²) in [5.74, 6) is 3.65. The molecule has 70 valence electrons. The second-order valence-electron chi connectivity index (χ2n) is 5.37. The van der Waals surface area contributed by atoms with Gasteiger partial charge in [0.05, 0.1) is 6.10 Å². The molecule has 0 spiro atoms. The molecule has 3 saturated carbocycles. The van der Waals surface area contributed by atoms with Crippen molar-refractivity contribution in [3.05, 3.63) is 0 Å². The van der Waals surface area contributed by atoms with Crippen LogP contribution in [0.25, 0.3) is 0 Å². The molecule has 1 aliphatic heterocycles. The Morgan fingerprint density at radius 2 is 2.15 bits per heavy atom. The Morgan fingerprint density at radius 3 is 3.00 bits per heavy atom. The maximum atomic E-state index is 11.8. The number of carbonyl (C=O) groups excluding carboxylic acids is 1. The van der Waals surface area contributed by atoms with Crippen LogP contribution in [-0.2, 0) is 9.53 Å². The number of carbonyl (C=O) groups is 1. The molecule has 0 radical (unpaired) electrons. The van der Waals surface area contributed by atoms with E-state index in [2.05, 4.69) is 6.92 Å². The van der Waals surface area contributed by atoms with Gasteiger partial charge < -0.3 is 4.74 Å². The Morgan fingerprint density at radius 1 is 1.31 bits per heavy atom. The number of fused-ring (bicyclic) bond motifs is 2. The summed E-state index contributed by atoms with van der Waals surface area (Å²) in [4.78, 5) is 11.8. The van der Waals surface area contributed by atoms with Gasteiger partial charge in [0.15, 0.2) is 5.78 Å². The van der Waals surface area contributed by atoms with E-state index < -0.39 is 0 Å². The summed E-state index contributed by atoms with van der Waals surface area (Å²) in [5.41, 5.74) is 0. The second kappa shape index (κ2) is 1.85. The number of Topliss-reactive ketones (excluding diaryl/α,β-unsaturated/α-hetero) is 1. The molecule has 2 bridgehead atoms. The lowest BCUT2D eigenvalue weighted by Gasteiger charge is -2.25. The van der Waals surface area contributed by atoms with Gasteiger partial charge in [-0.25, -0.2) is 0 Å². The van der Waals surface area contributed by atoms with Crippen LogP contribution in [0, 0.1) is 29.6 Å². The van der Waals surface area contributed by atoms with Crippen molar-refractivity contribution in [3.63, 3.8) is 0 Å². The van der Waals surface area contributed by atoms with Gasteiger partial charge >= 0.3 is 0 Å². The first-order chi connectivity index (χ1) is 6.27. The van der Waals surface area contributed by atoms with Gasteiger partial charge in [0.1, 0.15) is 6.10 Å². The number of rotatable bonds is 0. The molecule has 1 heterocycles. The van der Waals surface area contributed by atoms with E-state index in [0.717, 1.165) is 18.3 Å². The number of hydrogen-bond acceptors (Lipinski definition) is 2. The molecule has 4 aliphatic rings. The van der Waals surface area contributed by atoms with E-state index in [-0.39, 0.29) is 6.10 Å². The number of ether oxygens (including phenoxy) is 1. The Bertz CT molecular complexity index is 298. The summed E-state index contributed by atoms with van der Waals surface area (Å²) in [6, 6.07) is 0. The predicted molar refractivity (Wildman–Crippen MR) is 46.0 cm³/mol. The highest BCUT2D eigenvalue weighted by Gasteiger charge is 2.69. The topological polar surface area (TPSA) is 26.3 Å². The Labute approximate surface area is 77.6 Å². The third kappa shape index (κ3) is 0.567. The average molecular weight is 178 g/mol. The van der Waals surface area contributed by atoms with E-state index >= 15 is 0 Å². The maximum absolute atomic E-state index is 11.8. The van der Waals surface area contributed by atoms with Crippen molar-refractivity contribution < 1.29 is 9.53 Å². The van der Waals surface area contributed by atoms with Crippen LogP contribution in [0.1, 0.15) is 19.8 Å². The van der Waals surface area contributed by atoms with Crippen molar-refractivity contribution in [1.82, 2.24) is 0 Å². The van der Waals surface area contributed by atoms with Crippen molar-refractivity contribution in [2.24, 2.45) is 29.6 Å². The molecule has 0 amide bonds. The van der Waals surface area contributed by atoms with Crippen LogP contribution in [0.3, 0.4) is 0 Å². The summed E-state index contributed by atoms with van der Waals surface area (Å²) < 4.78 is 5.86. The highest BCUT2D eigenvalue weighted by atomic mass is 16.5. The van der Waals surface area contributed by atoms with Crippen molar-refractivity contribution in [2.75, 3.05) is 0 Å². The molecule has 0 aromatic heterocycles. The van der Waals surface area contributed by atoms with Gasteiger partial charge in [-0.05, 0) is 36.5 Å². The van der Waals surface area contributed by atoms with Crippen LogP contribution < -0.4 is 0 Å². The summed E-state index contributed by atoms with van der Waals surface area (Å²) in [5, 5.41) is 0. The van der Waals surface area contributed by atoms with Gasteiger partial charge in [-0.1, -0.05) is 6.92 Å². The van der Waals surface area contributed by atoms with Gasteiger partial charge in [-0.3, -0.25) is 4.79 Å². The zero-order valence-electron chi connectivity index (χ0n) is 7.77. The van der Waals surface area contributed by atoms with Crippen LogP contribution in [0.4, 0.5) is 0 Å². The van der Waals surface area contributed by atoms with Crippen LogP contribution in [0.2, 0.25) is 0 Å². The minimum atomic E-state index is 0.0312. The minimum Gasteiger partial charge on any atom is -0.367 e. The fourth-order valence-corrected chi connectivity index (χ4v) is 4.70. The van der Waals surface area contributed by atoms with E-state index in [1.165, 1.54) is 6.42 Å². The lowest BCUT2D eigenvalue weighted by atomic mass is 9.78. The van der Waals surface area contributed by atoms with Crippen LogP contribution in [0.5, 0.6) is 0 Å². The van der Waals surface area contributed by atoms with Gasteiger partial charge in [0.2, 0.25) is 0 Å². The molecular formula is C11H14O2. The highest BCUT2D eigenvalue weighted by molar-refractivity contribution is 5.90. The highest BCUT2D eigenvalue weighted by Crippen LogP contribution is 2.64. The fourth-order valence-electron chi connectivity index (χ4n) is 4.70. The molecule has 13 heavy (non-hydrogen) atoms. The van der Waals surface area contributed by atoms with Crippen LogP contribution in [0.15, 0.2) is 0 Å². The lowest BCUT2D eigenvalue weighted by Crippen LogP contribution is -2.34. The molecule has 2 nitrogen and oxygen atoms in total. The van der Waals surface area contributed by atoms with Crippen molar-refractivity contribution >= 4 is 5.78 Å². The molecule has 0 aromatic rings. The second-order valence-corrected chi connectivity index (χ2v) is 5.37. The van der Waals surface area contributed by atoms with Gasteiger partial charge in [-0.2, -0.15) is 0 Å². The van der Waals surface area contributed by atoms with E-state index in [4.69, 9.17) is 4.74 Å². The zero-order valence-corrected chi connectivity index (χ0v) is 7.77. The summed E-state index contributed by atoms with van der Waals surface area (Å²) in [7, 11) is 0. The lowest BCUT2D eigenvalue weighted by molar-refractivity contribution is -0.133. The largest absolute Gasteiger partial charge is 0.367 e. The van der Waals surface area contributed by atoms with Gasteiger partial charge in [0.25, 0.3) is 0 Å². The quantitative estimate of drug-likeness (QED) is 0.558. The number of ketones is 1. The van der Waals surface area contributed by atoms with E-state index in [0.29, 0.717) is 29.6 Å². The molecule has 0 N–H and O–H groups in total. The first kappa shape index (κ1) is 6.99. The molecule has 1 saturated heterocycles. The van der Waals surface area contributed by atoms with Crippen LogP contribution >= 0.6 is 0 Å². The van der Waals surface area contributed by atoms with Crippen molar-refractivity contribution in [3.8, 4) is 0 Å². The molecule has 4 fully saturated rings. The monoisotopic (exact) mass is 178 g/mol. The van der Waals surface area contributed by atoms with Gasteiger partial charge in [0, 0.05) is 5.92 Å². The first-order valence-corrected chi connectivity index (χ1v) is 5.46. The Hall–Kier alpha value is -0.370. The van der Waals surface area contributed by atoms with Crippen molar-refractivity contribution in [2.45, 2.75) is 32.0 Å². The Kier molecular flexibility index (Phi) is 0.997. The molecule has 1 unspecified atom stereocenters. The normalized spacial score (nSPS) is 66.8. The summed E-state index contributed by atoms with van der Waals surface area (Å²) in [6.07, 6.45) is 2.85. The maximum Gasteiger partial charge on any atom is 0.165 e. The summed E-state index contributed by atoms with van der Waals surface area (Å²) >= 11 is 0. The molecule has 0 aromatic carbocycles. The molecule has 3 aliphatic carbocycles. The third-order valence-electron chi connectivity index (χ3n) is 4.98. The van der Waals surface area contributed by atoms with Crippen molar-refractivity contribution in [1.29, 1.82) is 0 Å². The Balaban J connectivity index is 1.89. The van der Waals surface area contributed by atoms with E-state index in [1.807, 2.05) is 0 Å². The predicted octanol–water partition coefficient (Wildman–Crippen LogP) is 1.24. The van der Waals surface area contributed by atoms with E-state index in [9.17, 15) is 4.79 Å². The molecule has 2 heteroatoms. The first-order valence-electron chi connectivity index (χ1n) is 5.46. The summed E-state index contributed by atoms with van der Waals surface area (Å²) in [6.45, 7) is 2.30.